The van der Waals surface area contributed by atoms with Gasteiger partial charge in [0.05, 0.1) is 6.61 Å². The first kappa shape index (κ1) is 15.2. The first-order valence-corrected chi connectivity index (χ1v) is 7.29. The lowest BCUT2D eigenvalue weighted by Crippen LogP contribution is -2.39. The van der Waals surface area contributed by atoms with Crippen LogP contribution < -0.4 is 4.74 Å². The summed E-state index contributed by atoms with van der Waals surface area (Å²) in [6.07, 6.45) is -0.718. The van der Waals surface area contributed by atoms with Crippen LogP contribution in [0.15, 0.2) is 18.2 Å². The third kappa shape index (κ3) is 3.08. The van der Waals surface area contributed by atoms with E-state index in [2.05, 4.69) is 0 Å². The molecule has 3 rings (SSSR count). The van der Waals surface area contributed by atoms with Gasteiger partial charge in [-0.2, -0.15) is 0 Å². The van der Waals surface area contributed by atoms with Crippen molar-refractivity contribution in [3.63, 3.8) is 0 Å². The summed E-state index contributed by atoms with van der Waals surface area (Å²) in [6.45, 7) is 5.41. The van der Waals surface area contributed by atoms with Crippen LogP contribution in [-0.4, -0.2) is 30.6 Å². The third-order valence-electron chi connectivity index (χ3n) is 3.80. The van der Waals surface area contributed by atoms with E-state index in [1.807, 2.05) is 13.8 Å². The first-order chi connectivity index (χ1) is 10.3. The van der Waals surface area contributed by atoms with E-state index in [1.165, 1.54) is 19.1 Å². The van der Waals surface area contributed by atoms with Crippen LogP contribution in [0.5, 0.6) is 5.75 Å². The fraction of sp³-hybridized carbons (Fsp3) is 0.562. The zero-order valence-electron chi connectivity index (χ0n) is 12.8. The topological polar surface area (TPSA) is 54.0 Å². The van der Waals surface area contributed by atoms with E-state index in [9.17, 15) is 9.18 Å². The molecule has 1 aromatic carbocycles. The molecule has 2 aliphatic heterocycles. The highest BCUT2D eigenvalue weighted by atomic mass is 19.1. The number of carbonyl (C=O) groups excluding carboxylic acids is 1. The van der Waals surface area contributed by atoms with Crippen molar-refractivity contribution < 1.29 is 28.1 Å². The zero-order chi connectivity index (χ0) is 15.9. The molecular formula is C16H19FO5. The van der Waals surface area contributed by atoms with Crippen molar-refractivity contribution in [2.24, 2.45) is 0 Å². The highest BCUT2D eigenvalue weighted by molar-refractivity contribution is 5.66. The Balaban J connectivity index is 1.85. The number of carbonyl (C=O) groups is 1. The van der Waals surface area contributed by atoms with E-state index in [4.69, 9.17) is 18.9 Å². The first-order valence-electron chi connectivity index (χ1n) is 7.29. The van der Waals surface area contributed by atoms with Gasteiger partial charge in [0, 0.05) is 18.9 Å². The van der Waals surface area contributed by atoms with Crippen molar-refractivity contribution in [2.45, 2.75) is 51.3 Å². The van der Waals surface area contributed by atoms with Crippen LogP contribution in [-0.2, 0) is 19.0 Å². The lowest BCUT2D eigenvalue weighted by Gasteiger charge is -2.34. The molecule has 2 aliphatic rings. The van der Waals surface area contributed by atoms with Crippen LogP contribution >= 0.6 is 0 Å². The average Bonchev–Trinajstić information content (AvgIpc) is 2.79. The van der Waals surface area contributed by atoms with Crippen LogP contribution in [0.25, 0.3) is 0 Å². The molecule has 6 heteroatoms. The number of benzene rings is 1. The van der Waals surface area contributed by atoms with Crippen LogP contribution in [0.4, 0.5) is 4.39 Å². The fourth-order valence-electron chi connectivity index (χ4n) is 2.87. The molecule has 0 saturated carbocycles. The number of halogens is 1. The minimum Gasteiger partial charge on any atom is -0.487 e. The van der Waals surface area contributed by atoms with Crippen molar-refractivity contribution in [1.29, 1.82) is 0 Å². The summed E-state index contributed by atoms with van der Waals surface area (Å²) in [7, 11) is 0. The van der Waals surface area contributed by atoms with Crippen molar-refractivity contribution >= 4 is 5.97 Å². The van der Waals surface area contributed by atoms with Gasteiger partial charge in [0.15, 0.2) is 5.79 Å². The summed E-state index contributed by atoms with van der Waals surface area (Å²) in [5.41, 5.74) is 0.546. The summed E-state index contributed by atoms with van der Waals surface area (Å²) in [6, 6.07) is 4.21. The molecule has 22 heavy (non-hydrogen) atoms. The van der Waals surface area contributed by atoms with Gasteiger partial charge in [0.2, 0.25) is 0 Å². The largest absolute Gasteiger partial charge is 0.487 e. The second-order valence-corrected chi connectivity index (χ2v) is 6.04. The molecule has 0 spiro atoms. The Bertz CT molecular complexity index is 586. The molecule has 0 amide bonds. The molecular weight excluding hydrogens is 291 g/mol. The molecule has 120 valence electrons. The monoisotopic (exact) mass is 310 g/mol. The normalized spacial score (nSPS) is 29.5. The molecule has 0 radical (unpaired) electrons. The lowest BCUT2D eigenvalue weighted by atomic mass is 9.96. The predicted octanol–water partition coefficient (Wildman–Crippen LogP) is 2.73. The number of esters is 1. The molecule has 2 heterocycles. The minimum absolute atomic E-state index is 0.258. The molecule has 1 aromatic rings. The number of ether oxygens (including phenoxy) is 4. The number of hydrogen-bond acceptors (Lipinski definition) is 5. The van der Waals surface area contributed by atoms with Gasteiger partial charge in [-0.25, -0.2) is 4.39 Å². The molecule has 1 saturated heterocycles. The summed E-state index contributed by atoms with van der Waals surface area (Å²) in [5, 5.41) is 0. The van der Waals surface area contributed by atoms with Crippen LogP contribution in [0.3, 0.4) is 0 Å². The molecule has 1 fully saturated rings. The van der Waals surface area contributed by atoms with Crippen molar-refractivity contribution in [1.82, 2.24) is 0 Å². The Morgan fingerprint density at radius 1 is 1.36 bits per heavy atom. The summed E-state index contributed by atoms with van der Waals surface area (Å²) >= 11 is 0. The van der Waals surface area contributed by atoms with Gasteiger partial charge >= 0.3 is 5.97 Å². The highest BCUT2D eigenvalue weighted by Gasteiger charge is 2.42. The molecule has 0 bridgehead atoms. The Morgan fingerprint density at radius 3 is 2.77 bits per heavy atom. The number of fused-ring (bicyclic) bond motifs is 1. The lowest BCUT2D eigenvalue weighted by molar-refractivity contribution is -0.160. The Morgan fingerprint density at radius 2 is 2.14 bits per heavy atom. The van der Waals surface area contributed by atoms with Gasteiger partial charge in [0.1, 0.15) is 29.9 Å². The van der Waals surface area contributed by atoms with E-state index in [1.54, 1.807) is 6.07 Å². The van der Waals surface area contributed by atoms with Crippen molar-refractivity contribution in [2.75, 3.05) is 6.61 Å². The maximum Gasteiger partial charge on any atom is 0.303 e. The van der Waals surface area contributed by atoms with E-state index >= 15 is 0 Å². The van der Waals surface area contributed by atoms with Gasteiger partial charge in [-0.1, -0.05) is 0 Å². The molecule has 3 atom stereocenters. The predicted molar refractivity (Wildman–Crippen MR) is 74.8 cm³/mol. The Kier molecular flexibility index (Phi) is 3.82. The van der Waals surface area contributed by atoms with Gasteiger partial charge in [0.25, 0.3) is 0 Å². The summed E-state index contributed by atoms with van der Waals surface area (Å²) in [4.78, 5) is 11.3. The molecule has 0 N–H and O–H groups in total. The standard InChI is InChI=1S/C16H19FO5/c1-9(18)20-13-7-14(15-8-19-16(2,3)22-15)21-12-5-4-10(17)6-11(12)13/h4-6,13-15H,7-8H2,1-3H3/t13-,14+,15-/m0/s1. The van der Waals surface area contributed by atoms with Gasteiger partial charge in [-0.05, 0) is 32.0 Å². The Hall–Kier alpha value is -1.66. The van der Waals surface area contributed by atoms with Crippen molar-refractivity contribution in [3.05, 3.63) is 29.6 Å². The second kappa shape index (κ2) is 5.52. The van der Waals surface area contributed by atoms with Crippen molar-refractivity contribution in [3.8, 4) is 5.75 Å². The molecule has 5 nitrogen and oxygen atoms in total. The minimum atomic E-state index is -0.659. The Labute approximate surface area is 128 Å². The fourth-order valence-corrected chi connectivity index (χ4v) is 2.87. The van der Waals surface area contributed by atoms with E-state index < -0.39 is 17.9 Å². The smallest absolute Gasteiger partial charge is 0.303 e. The molecule has 0 aliphatic carbocycles. The maximum absolute atomic E-state index is 13.5. The van der Waals surface area contributed by atoms with Crippen LogP contribution in [0, 0.1) is 5.82 Å². The van der Waals surface area contributed by atoms with Crippen LogP contribution in [0.1, 0.15) is 38.9 Å². The average molecular weight is 310 g/mol. The summed E-state index contributed by atoms with van der Waals surface area (Å²) < 4.78 is 36.1. The van der Waals surface area contributed by atoms with Gasteiger partial charge in [-0.15, -0.1) is 0 Å². The zero-order valence-corrected chi connectivity index (χ0v) is 12.8. The molecule has 0 aromatic heterocycles. The quantitative estimate of drug-likeness (QED) is 0.786. The second-order valence-electron chi connectivity index (χ2n) is 6.04. The van der Waals surface area contributed by atoms with Gasteiger partial charge < -0.3 is 18.9 Å². The van der Waals surface area contributed by atoms with Crippen LogP contribution in [0.2, 0.25) is 0 Å². The third-order valence-corrected chi connectivity index (χ3v) is 3.80. The number of rotatable bonds is 2. The summed E-state index contributed by atoms with van der Waals surface area (Å²) in [5.74, 6) is -0.949. The SMILES string of the molecule is CC(=O)O[C@H]1C[C@H]([C@@H]2COC(C)(C)O2)Oc2ccc(F)cc21. The van der Waals surface area contributed by atoms with E-state index in [0.29, 0.717) is 24.3 Å². The highest BCUT2D eigenvalue weighted by Crippen LogP contribution is 2.40. The maximum atomic E-state index is 13.5. The molecule has 0 unspecified atom stereocenters. The van der Waals surface area contributed by atoms with E-state index in [0.717, 1.165) is 0 Å². The van der Waals surface area contributed by atoms with Gasteiger partial charge in [-0.3, -0.25) is 4.79 Å². The van der Waals surface area contributed by atoms with E-state index in [-0.39, 0.29) is 18.0 Å². The number of hydrogen-bond donors (Lipinski definition) is 0.